The van der Waals surface area contributed by atoms with Gasteiger partial charge in [-0.25, -0.2) is 14.3 Å². The summed E-state index contributed by atoms with van der Waals surface area (Å²) in [5.74, 6) is -0.454. The lowest BCUT2D eigenvalue weighted by Crippen LogP contribution is -2.33. The van der Waals surface area contributed by atoms with E-state index in [0.717, 1.165) is 12.1 Å². The number of aromatic nitrogens is 2. The standard InChI is InChI=1S/C16H19N5O3.ClH/c1-2-24-15(22)13-7-8-21(20-13)11-5-3-10(4-6-11)18-16(23)19-14-9-12(14)17;/h3-8,12,14H,2,9,17H2,1H3,(H2,18,19,23);1H/t12-,14-;/m1./s1. The Hall–Kier alpha value is -2.58. The third-order valence-electron chi connectivity index (χ3n) is 3.62. The molecule has 1 fully saturated rings. The van der Waals surface area contributed by atoms with Gasteiger partial charge in [-0.3, -0.25) is 0 Å². The Morgan fingerprint density at radius 2 is 2.00 bits per heavy atom. The van der Waals surface area contributed by atoms with Crippen LogP contribution in [0.25, 0.3) is 5.69 Å². The van der Waals surface area contributed by atoms with E-state index in [-0.39, 0.29) is 36.2 Å². The molecule has 2 atom stereocenters. The van der Waals surface area contributed by atoms with Crippen molar-refractivity contribution in [3.8, 4) is 5.69 Å². The minimum Gasteiger partial charge on any atom is -0.461 e. The average molecular weight is 366 g/mol. The van der Waals surface area contributed by atoms with E-state index < -0.39 is 5.97 Å². The summed E-state index contributed by atoms with van der Waals surface area (Å²) in [5.41, 5.74) is 7.32. The topological polar surface area (TPSA) is 111 Å². The van der Waals surface area contributed by atoms with E-state index in [1.54, 1.807) is 48.1 Å². The van der Waals surface area contributed by atoms with Crippen LogP contribution in [-0.2, 0) is 4.74 Å². The second-order valence-corrected chi connectivity index (χ2v) is 5.52. The van der Waals surface area contributed by atoms with Crippen molar-refractivity contribution in [2.24, 2.45) is 5.73 Å². The van der Waals surface area contributed by atoms with Crippen molar-refractivity contribution in [2.45, 2.75) is 25.4 Å². The molecule has 2 aromatic rings. The first-order valence-electron chi connectivity index (χ1n) is 7.73. The van der Waals surface area contributed by atoms with E-state index in [9.17, 15) is 9.59 Å². The third-order valence-corrected chi connectivity index (χ3v) is 3.62. The summed E-state index contributed by atoms with van der Waals surface area (Å²) in [5, 5.41) is 9.70. The van der Waals surface area contributed by atoms with Gasteiger partial charge in [0, 0.05) is 24.0 Å². The van der Waals surface area contributed by atoms with Gasteiger partial charge in [0.15, 0.2) is 5.69 Å². The van der Waals surface area contributed by atoms with Gasteiger partial charge in [0.2, 0.25) is 0 Å². The molecule has 0 spiro atoms. The van der Waals surface area contributed by atoms with Gasteiger partial charge in [0.1, 0.15) is 0 Å². The molecule has 1 aromatic carbocycles. The molecule has 2 amide bonds. The van der Waals surface area contributed by atoms with Crippen LogP contribution in [0.5, 0.6) is 0 Å². The number of amides is 2. The lowest BCUT2D eigenvalue weighted by molar-refractivity contribution is 0.0519. The van der Waals surface area contributed by atoms with E-state index in [1.807, 2.05) is 0 Å². The molecule has 0 unspecified atom stereocenters. The van der Waals surface area contributed by atoms with Gasteiger partial charge >= 0.3 is 12.0 Å². The zero-order valence-corrected chi connectivity index (χ0v) is 14.5. The number of anilines is 1. The highest BCUT2D eigenvalue weighted by Crippen LogP contribution is 2.18. The van der Waals surface area contributed by atoms with Crippen molar-refractivity contribution in [3.05, 3.63) is 42.2 Å². The number of nitrogens with one attached hydrogen (secondary N) is 2. The zero-order chi connectivity index (χ0) is 17.1. The Morgan fingerprint density at radius 1 is 1.32 bits per heavy atom. The Labute approximate surface area is 151 Å². The quantitative estimate of drug-likeness (QED) is 0.698. The second kappa shape index (κ2) is 8.00. The summed E-state index contributed by atoms with van der Waals surface area (Å²) in [6.45, 7) is 2.05. The van der Waals surface area contributed by atoms with Gasteiger partial charge < -0.3 is 21.1 Å². The summed E-state index contributed by atoms with van der Waals surface area (Å²) in [4.78, 5) is 23.4. The van der Waals surface area contributed by atoms with Crippen LogP contribution >= 0.6 is 12.4 Å². The highest BCUT2D eigenvalue weighted by molar-refractivity contribution is 5.90. The van der Waals surface area contributed by atoms with Gasteiger partial charge in [-0.2, -0.15) is 5.10 Å². The number of ether oxygens (including phenoxy) is 1. The first-order chi connectivity index (χ1) is 11.6. The van der Waals surface area contributed by atoms with E-state index in [1.165, 1.54) is 0 Å². The number of nitrogens with zero attached hydrogens (tertiary/aromatic N) is 2. The Kier molecular flexibility index (Phi) is 6.00. The lowest BCUT2D eigenvalue weighted by atomic mass is 10.3. The van der Waals surface area contributed by atoms with Crippen molar-refractivity contribution in [1.82, 2.24) is 15.1 Å². The van der Waals surface area contributed by atoms with Crippen LogP contribution < -0.4 is 16.4 Å². The monoisotopic (exact) mass is 365 g/mol. The number of halogens is 1. The van der Waals surface area contributed by atoms with Crippen molar-refractivity contribution < 1.29 is 14.3 Å². The lowest BCUT2D eigenvalue weighted by Gasteiger charge is -2.08. The fourth-order valence-electron chi connectivity index (χ4n) is 2.20. The summed E-state index contributed by atoms with van der Waals surface area (Å²) in [6, 6.07) is 8.55. The van der Waals surface area contributed by atoms with Crippen molar-refractivity contribution in [2.75, 3.05) is 11.9 Å². The van der Waals surface area contributed by atoms with Crippen LogP contribution in [0.2, 0.25) is 0 Å². The molecule has 1 aliphatic carbocycles. The normalized spacial score (nSPS) is 18.0. The molecule has 1 aromatic heterocycles. The fourth-order valence-corrected chi connectivity index (χ4v) is 2.20. The predicted octanol–water partition coefficient (Wildman–Crippen LogP) is 1.69. The van der Waals surface area contributed by atoms with Crippen LogP contribution in [-0.4, -0.2) is 40.5 Å². The number of carbonyl (C=O) groups excluding carboxylic acids is 2. The van der Waals surface area contributed by atoms with Crippen molar-refractivity contribution in [1.29, 1.82) is 0 Å². The molecule has 0 aliphatic heterocycles. The number of rotatable bonds is 5. The van der Waals surface area contributed by atoms with Gasteiger partial charge in [-0.15, -0.1) is 12.4 Å². The molecule has 0 bridgehead atoms. The summed E-state index contributed by atoms with van der Waals surface area (Å²) in [7, 11) is 0. The molecule has 0 radical (unpaired) electrons. The van der Waals surface area contributed by atoms with Crippen molar-refractivity contribution >= 4 is 30.1 Å². The number of hydrogen-bond acceptors (Lipinski definition) is 5. The molecule has 8 nitrogen and oxygen atoms in total. The number of esters is 1. The summed E-state index contributed by atoms with van der Waals surface area (Å²) in [6.07, 6.45) is 2.49. The number of urea groups is 1. The molecule has 1 saturated carbocycles. The minimum atomic E-state index is -0.454. The van der Waals surface area contributed by atoms with Crippen molar-refractivity contribution in [3.63, 3.8) is 0 Å². The maximum absolute atomic E-state index is 11.8. The van der Waals surface area contributed by atoms with Gasteiger partial charge in [0.05, 0.1) is 12.3 Å². The van der Waals surface area contributed by atoms with Gasteiger partial charge in [-0.05, 0) is 43.7 Å². The zero-order valence-electron chi connectivity index (χ0n) is 13.6. The molecule has 1 heterocycles. The van der Waals surface area contributed by atoms with Crippen LogP contribution in [0.1, 0.15) is 23.8 Å². The first-order valence-corrected chi connectivity index (χ1v) is 7.73. The maximum Gasteiger partial charge on any atom is 0.358 e. The highest BCUT2D eigenvalue weighted by Gasteiger charge is 2.34. The van der Waals surface area contributed by atoms with Crippen LogP contribution in [0, 0.1) is 0 Å². The highest BCUT2D eigenvalue weighted by atomic mass is 35.5. The third kappa shape index (κ3) is 4.71. The Balaban J connectivity index is 0.00000225. The summed E-state index contributed by atoms with van der Waals surface area (Å²) >= 11 is 0. The molecule has 134 valence electrons. The largest absolute Gasteiger partial charge is 0.461 e. The van der Waals surface area contributed by atoms with E-state index in [0.29, 0.717) is 12.3 Å². The molecule has 9 heteroatoms. The van der Waals surface area contributed by atoms with Crippen LogP contribution in [0.4, 0.5) is 10.5 Å². The van der Waals surface area contributed by atoms with E-state index >= 15 is 0 Å². The predicted molar refractivity (Wildman–Crippen MR) is 95.3 cm³/mol. The molecule has 0 saturated heterocycles. The van der Waals surface area contributed by atoms with Gasteiger partial charge in [0.25, 0.3) is 0 Å². The maximum atomic E-state index is 11.8. The minimum absolute atomic E-state index is 0. The Bertz CT molecular complexity index is 746. The van der Waals surface area contributed by atoms with Crippen LogP contribution in [0.15, 0.2) is 36.5 Å². The smallest absolute Gasteiger partial charge is 0.358 e. The number of hydrogen-bond donors (Lipinski definition) is 3. The van der Waals surface area contributed by atoms with Gasteiger partial charge in [-0.1, -0.05) is 0 Å². The average Bonchev–Trinajstić information content (AvgIpc) is 3.05. The Morgan fingerprint density at radius 3 is 2.60 bits per heavy atom. The SMILES string of the molecule is CCOC(=O)c1ccn(-c2ccc(NC(=O)N[C@@H]3C[C@H]3N)cc2)n1.Cl. The fraction of sp³-hybridized carbons (Fsp3) is 0.312. The molecule has 4 N–H and O–H groups in total. The number of benzene rings is 1. The van der Waals surface area contributed by atoms with Crippen LogP contribution in [0.3, 0.4) is 0 Å². The molecule has 25 heavy (non-hydrogen) atoms. The number of nitrogens with two attached hydrogens (primary N) is 1. The molecule has 3 rings (SSSR count). The van der Waals surface area contributed by atoms with E-state index in [2.05, 4.69) is 15.7 Å². The second-order valence-electron chi connectivity index (χ2n) is 5.52. The first kappa shape index (κ1) is 18.8. The van der Waals surface area contributed by atoms with E-state index in [4.69, 9.17) is 10.5 Å². The molecular weight excluding hydrogens is 346 g/mol. The molecule has 1 aliphatic rings. The summed E-state index contributed by atoms with van der Waals surface area (Å²) < 4.78 is 6.47. The molecular formula is C16H20ClN5O3. The number of carbonyl (C=O) groups is 2.